The van der Waals surface area contributed by atoms with E-state index < -0.39 is 23.9 Å². The van der Waals surface area contributed by atoms with Crippen molar-refractivity contribution in [3.05, 3.63) is 0 Å². The van der Waals surface area contributed by atoms with Crippen molar-refractivity contribution in [1.29, 1.82) is 0 Å². The maximum Gasteiger partial charge on any atom is 0.326 e. The second-order valence-corrected chi connectivity index (χ2v) is 20.5. The Bertz CT molecular complexity index is 1530. The van der Waals surface area contributed by atoms with E-state index in [1.807, 2.05) is 0 Å². The molecule has 88 heavy (non-hydrogen) atoms. The van der Waals surface area contributed by atoms with Crippen molar-refractivity contribution in [2.24, 2.45) is 0 Å². The molecule has 0 aliphatic heterocycles. The fourth-order valence-corrected chi connectivity index (χ4v) is 8.22. The summed E-state index contributed by atoms with van der Waals surface area (Å²) in [6.07, 6.45) is 16.4. The van der Waals surface area contributed by atoms with Gasteiger partial charge in [-0.05, 0) is 25.7 Å². The first-order valence-electron chi connectivity index (χ1n) is 32.6. The number of carboxylic acid groups (broad SMARTS) is 3. The van der Waals surface area contributed by atoms with Crippen LogP contribution in [-0.2, 0) is 99.8 Å². The van der Waals surface area contributed by atoms with Gasteiger partial charge in [0.25, 0.3) is 0 Å². The van der Waals surface area contributed by atoms with Gasteiger partial charge in [-0.2, -0.15) is 0 Å². The van der Waals surface area contributed by atoms with Crippen LogP contribution in [0.5, 0.6) is 0 Å². The first kappa shape index (κ1) is 84.7. The lowest BCUT2D eigenvalue weighted by atomic mass is 10.0. The summed E-state index contributed by atoms with van der Waals surface area (Å²) in [5.74, 6) is -3.23. The second kappa shape index (κ2) is 71.2. The summed E-state index contributed by atoms with van der Waals surface area (Å²) >= 11 is 0. The SMILES string of the molecule is CCCCCCCCCCCN(C(=O)CCCCCCCCCC(=O)O)C(CCC(=O)NCCOCCOCCOCCOCCOCCOCCOCCOCCOCCOCCOCCOCCOCCOCCOCCOCCC(=O)O)C(=O)O. The smallest absolute Gasteiger partial charge is 0.326 e. The van der Waals surface area contributed by atoms with Gasteiger partial charge < -0.3 is 101 Å². The van der Waals surface area contributed by atoms with Crippen LogP contribution < -0.4 is 5.32 Å². The van der Waals surface area contributed by atoms with Gasteiger partial charge >= 0.3 is 17.9 Å². The average molecular weight is 1280 g/mol. The Labute approximate surface area is 525 Å². The van der Waals surface area contributed by atoms with Gasteiger partial charge in [0.05, 0.1) is 218 Å². The molecule has 0 aliphatic carbocycles. The fraction of sp³-hybridized carbons (Fsp3) is 0.919. The number of carbonyl (C=O) groups is 5. The molecule has 0 aromatic carbocycles. The first-order valence-corrected chi connectivity index (χ1v) is 32.6. The number of carbonyl (C=O) groups excluding carboxylic acids is 2. The number of carboxylic acids is 3. The summed E-state index contributed by atoms with van der Waals surface area (Å²) in [7, 11) is 0. The van der Waals surface area contributed by atoms with Crippen molar-refractivity contribution < 1.29 is 115 Å². The molecule has 4 N–H and O–H groups in total. The van der Waals surface area contributed by atoms with Gasteiger partial charge in [-0.15, -0.1) is 0 Å². The monoisotopic (exact) mass is 1270 g/mol. The van der Waals surface area contributed by atoms with Crippen LogP contribution in [0.2, 0.25) is 0 Å². The molecule has 0 heterocycles. The second-order valence-electron chi connectivity index (χ2n) is 20.5. The minimum atomic E-state index is -1.10. The third-order valence-corrected chi connectivity index (χ3v) is 13.0. The number of unbranched alkanes of at least 4 members (excludes halogenated alkanes) is 14. The quantitative estimate of drug-likeness (QED) is 0.0505. The lowest BCUT2D eigenvalue weighted by molar-refractivity contribution is -0.151. The van der Waals surface area contributed by atoms with Gasteiger partial charge in [-0.1, -0.05) is 90.4 Å². The topological polar surface area (TPSA) is 309 Å². The van der Waals surface area contributed by atoms with E-state index >= 15 is 0 Å². The van der Waals surface area contributed by atoms with Gasteiger partial charge in [0, 0.05) is 32.4 Å². The van der Waals surface area contributed by atoms with Gasteiger partial charge in [0.1, 0.15) is 6.04 Å². The van der Waals surface area contributed by atoms with Gasteiger partial charge in [-0.25, -0.2) is 4.79 Å². The van der Waals surface area contributed by atoms with Gasteiger partial charge in [0.2, 0.25) is 11.8 Å². The van der Waals surface area contributed by atoms with Crippen LogP contribution in [0.25, 0.3) is 0 Å². The number of amides is 2. The average Bonchev–Trinajstić information content (AvgIpc) is 3.71. The van der Waals surface area contributed by atoms with E-state index in [2.05, 4.69) is 12.2 Å². The highest BCUT2D eigenvalue weighted by Crippen LogP contribution is 2.17. The van der Waals surface area contributed by atoms with Crippen LogP contribution in [0.15, 0.2) is 0 Å². The highest BCUT2D eigenvalue weighted by Gasteiger charge is 2.29. The fourth-order valence-electron chi connectivity index (χ4n) is 8.22. The van der Waals surface area contributed by atoms with E-state index in [1.165, 1.54) is 37.0 Å². The van der Waals surface area contributed by atoms with Crippen LogP contribution in [0.1, 0.15) is 142 Å². The Morgan fingerprint density at radius 1 is 0.307 bits per heavy atom. The van der Waals surface area contributed by atoms with Crippen molar-refractivity contribution in [1.82, 2.24) is 10.2 Å². The van der Waals surface area contributed by atoms with Crippen LogP contribution in [0.3, 0.4) is 0 Å². The number of hydrogen-bond acceptors (Lipinski definition) is 21. The molecule has 0 aromatic heterocycles. The zero-order valence-electron chi connectivity index (χ0n) is 53.8. The molecule has 1 unspecified atom stereocenters. The zero-order chi connectivity index (χ0) is 64.0. The maximum atomic E-state index is 13.4. The highest BCUT2D eigenvalue weighted by molar-refractivity contribution is 5.84. The largest absolute Gasteiger partial charge is 0.481 e. The number of ether oxygens (including phenoxy) is 16. The Kier molecular flexibility index (Phi) is 68.5. The maximum absolute atomic E-state index is 13.4. The Morgan fingerprint density at radius 2 is 0.568 bits per heavy atom. The van der Waals surface area contributed by atoms with Crippen LogP contribution in [0.4, 0.5) is 0 Å². The molecule has 0 aromatic rings. The molecule has 0 spiro atoms. The molecule has 1 atom stereocenters. The normalized spacial score (nSPS) is 11.8. The minimum absolute atomic E-state index is 0.0145. The molecular weight excluding hydrogens is 1160 g/mol. The summed E-state index contributed by atoms with van der Waals surface area (Å²) < 4.78 is 87.6. The van der Waals surface area contributed by atoms with Crippen LogP contribution in [0, 0.1) is 0 Å². The molecule has 0 bridgehead atoms. The van der Waals surface area contributed by atoms with Crippen molar-refractivity contribution in [2.45, 2.75) is 148 Å². The van der Waals surface area contributed by atoms with Gasteiger partial charge in [0.15, 0.2) is 0 Å². The molecule has 0 rings (SSSR count). The number of aliphatic carboxylic acids is 3. The molecule has 26 heteroatoms. The molecular formula is C62H118N2O24. The summed E-state index contributed by atoms with van der Waals surface area (Å²) in [5, 5.41) is 30.3. The third kappa shape index (κ3) is 67.1. The van der Waals surface area contributed by atoms with Crippen LogP contribution >= 0.6 is 0 Å². The molecule has 0 aliphatic rings. The Morgan fingerprint density at radius 3 is 0.864 bits per heavy atom. The van der Waals surface area contributed by atoms with Crippen molar-refractivity contribution in [3.63, 3.8) is 0 Å². The zero-order valence-corrected chi connectivity index (χ0v) is 53.8. The van der Waals surface area contributed by atoms with Crippen molar-refractivity contribution >= 4 is 29.7 Å². The predicted octanol–water partition coefficient (Wildman–Crippen LogP) is 6.03. The third-order valence-electron chi connectivity index (χ3n) is 13.0. The predicted molar refractivity (Wildman–Crippen MR) is 327 cm³/mol. The van der Waals surface area contributed by atoms with Crippen LogP contribution in [-0.4, -0.2) is 280 Å². The number of hydrogen-bond donors (Lipinski definition) is 4. The van der Waals surface area contributed by atoms with Crippen molar-refractivity contribution in [3.8, 4) is 0 Å². The first-order chi connectivity index (χ1) is 43.2. The minimum Gasteiger partial charge on any atom is -0.481 e. The molecule has 0 fully saturated rings. The van der Waals surface area contributed by atoms with E-state index in [4.69, 9.17) is 86.0 Å². The van der Waals surface area contributed by atoms with E-state index in [0.29, 0.717) is 218 Å². The Hall–Kier alpha value is -3.29. The summed E-state index contributed by atoms with van der Waals surface area (Å²) in [4.78, 5) is 61.2. The summed E-state index contributed by atoms with van der Waals surface area (Å²) in [6, 6.07) is -1.07. The summed E-state index contributed by atoms with van der Waals surface area (Å²) in [6.45, 7) is 16.5. The number of nitrogens with one attached hydrogen (secondary N) is 1. The van der Waals surface area contributed by atoms with E-state index in [0.717, 1.165) is 57.8 Å². The van der Waals surface area contributed by atoms with Crippen molar-refractivity contribution in [2.75, 3.05) is 225 Å². The standard InChI is InChI=1S/C62H118N2O24/c1-2-3-4-5-6-7-11-14-17-24-64(59(66)18-15-12-9-8-10-13-16-19-60(67)68)57(62(71)72)20-21-58(65)63-23-26-74-28-30-76-32-34-78-36-38-80-40-42-82-44-46-84-48-50-86-52-54-88-56-55-87-53-51-85-49-47-83-45-43-81-41-39-79-37-35-77-33-31-75-29-27-73-25-22-61(69)70/h57H,2-56H2,1H3,(H,63,65)(H,67,68)(H,69,70)(H,71,72). The van der Waals surface area contributed by atoms with E-state index in [-0.39, 0.29) is 63.7 Å². The number of rotatable bonds is 76. The summed E-state index contributed by atoms with van der Waals surface area (Å²) in [5.41, 5.74) is 0. The Balaban J connectivity index is 3.63. The molecule has 2 amide bonds. The lowest BCUT2D eigenvalue weighted by Crippen LogP contribution is -2.46. The van der Waals surface area contributed by atoms with Gasteiger partial charge in [-0.3, -0.25) is 19.2 Å². The molecule has 0 radical (unpaired) electrons. The molecule has 520 valence electrons. The van der Waals surface area contributed by atoms with E-state index in [9.17, 15) is 29.1 Å². The van der Waals surface area contributed by atoms with E-state index in [1.54, 1.807) is 0 Å². The number of nitrogens with zero attached hydrogens (tertiary/aromatic N) is 1. The molecule has 0 saturated heterocycles. The molecule has 26 nitrogen and oxygen atoms in total. The highest BCUT2D eigenvalue weighted by atomic mass is 16.6. The molecule has 0 saturated carbocycles. The lowest BCUT2D eigenvalue weighted by Gasteiger charge is -2.29.